The van der Waals surface area contributed by atoms with Gasteiger partial charge in [0.05, 0.1) is 40.0 Å². The molecule has 6 aromatic carbocycles. The lowest BCUT2D eigenvalue weighted by molar-refractivity contribution is -0.336. The van der Waals surface area contributed by atoms with Crippen molar-refractivity contribution in [2.75, 3.05) is 13.2 Å². The van der Waals surface area contributed by atoms with E-state index >= 15 is 0 Å². The van der Waals surface area contributed by atoms with Crippen molar-refractivity contribution in [1.29, 1.82) is 5.41 Å². The highest BCUT2D eigenvalue weighted by Gasteiger charge is 2.57. The van der Waals surface area contributed by atoms with Crippen molar-refractivity contribution >= 4 is 76.5 Å². The molecule has 0 aromatic heterocycles. The van der Waals surface area contributed by atoms with Crippen LogP contribution in [0.2, 0.25) is 0 Å². The number of halogens is 3. The summed E-state index contributed by atoms with van der Waals surface area (Å²) in [5.41, 5.74) is 0.291. The van der Waals surface area contributed by atoms with Crippen LogP contribution in [0.15, 0.2) is 182 Å². The molecule has 2 fully saturated rings. The van der Waals surface area contributed by atoms with Crippen molar-refractivity contribution in [3.8, 4) is 0 Å². The summed E-state index contributed by atoms with van der Waals surface area (Å²) in [5, 5.41) is 8.42. The van der Waals surface area contributed by atoms with Gasteiger partial charge < -0.3 is 47.4 Å². The van der Waals surface area contributed by atoms with E-state index in [1.54, 1.807) is 109 Å². The topological polar surface area (TPSA) is 219 Å². The predicted octanol–water partition coefficient (Wildman–Crippen LogP) is 8.80. The van der Waals surface area contributed by atoms with Crippen LogP contribution in [0.3, 0.4) is 0 Å². The minimum atomic E-state index is -2.46. The van der Waals surface area contributed by atoms with E-state index in [9.17, 15) is 28.8 Å². The molecule has 1 N–H and O–H groups in total. The van der Waals surface area contributed by atoms with E-state index in [1.807, 2.05) is 0 Å². The van der Waals surface area contributed by atoms with Gasteiger partial charge in [0, 0.05) is 0 Å². The lowest BCUT2D eigenvalue weighted by atomic mass is 9.97. The zero-order valence-corrected chi connectivity index (χ0v) is 41.4. The maximum Gasteiger partial charge on any atom is 0.338 e. The molecule has 0 unspecified atom stereocenters. The van der Waals surface area contributed by atoms with E-state index in [1.165, 1.54) is 72.8 Å². The van der Waals surface area contributed by atoms with E-state index < -0.39 is 114 Å². The van der Waals surface area contributed by atoms with Gasteiger partial charge in [-0.05, 0) is 72.8 Å². The van der Waals surface area contributed by atoms with Crippen LogP contribution in [0.1, 0.15) is 62.1 Å². The largest absolute Gasteiger partial charge is 0.459 e. The van der Waals surface area contributed by atoms with Gasteiger partial charge in [0.1, 0.15) is 18.8 Å². The molecule has 75 heavy (non-hydrogen) atoms. The first kappa shape index (κ1) is 53.6. The zero-order chi connectivity index (χ0) is 52.9. The molecule has 8 rings (SSSR count). The van der Waals surface area contributed by atoms with E-state index in [0.29, 0.717) is 0 Å². The molecule has 0 aliphatic carbocycles. The number of hydrogen-bond donors (Lipinski definition) is 1. The Kier molecular flexibility index (Phi) is 17.9. The fraction of sp³-hybridized carbons (Fsp3) is 0.218. The second kappa shape index (κ2) is 25.1. The Morgan fingerprint density at radius 2 is 0.747 bits per heavy atom. The summed E-state index contributed by atoms with van der Waals surface area (Å²) in [4.78, 5) is 84.3. The Balaban J connectivity index is 1.25. The van der Waals surface area contributed by atoms with Crippen LogP contribution in [0.4, 0.5) is 0 Å². The molecule has 20 heteroatoms. The number of carbonyl (C=O) groups is 6. The molecule has 2 heterocycles. The van der Waals surface area contributed by atoms with Gasteiger partial charge in [0.25, 0.3) is 3.79 Å². The Morgan fingerprint density at radius 3 is 1.12 bits per heavy atom. The Bertz CT molecular complexity index is 2920. The average Bonchev–Trinajstić information content (AvgIpc) is 3.44. The molecule has 2 aliphatic heterocycles. The van der Waals surface area contributed by atoms with Gasteiger partial charge in [0.15, 0.2) is 30.7 Å². The minimum Gasteiger partial charge on any atom is -0.459 e. The number of benzene rings is 6. The Labute approximate surface area is 443 Å². The van der Waals surface area contributed by atoms with Crippen LogP contribution in [-0.4, -0.2) is 114 Å². The van der Waals surface area contributed by atoms with Gasteiger partial charge in [-0.15, -0.1) is 0 Å². The van der Waals surface area contributed by atoms with Gasteiger partial charge in [-0.2, -0.15) is 0 Å². The summed E-state index contributed by atoms with van der Waals surface area (Å²) in [6, 6.07) is 46.4. The average molecular weight is 1080 g/mol. The molecule has 0 radical (unpaired) electrons. The molecule has 6 aromatic rings. The smallest absolute Gasteiger partial charge is 0.338 e. The van der Waals surface area contributed by atoms with Crippen LogP contribution in [0.25, 0.3) is 0 Å². The molecule has 2 aliphatic rings. The van der Waals surface area contributed by atoms with E-state index in [-0.39, 0.29) is 33.4 Å². The molecule has 0 saturated carbocycles. The Morgan fingerprint density at radius 1 is 0.427 bits per heavy atom. The van der Waals surface area contributed by atoms with Gasteiger partial charge in [-0.25, -0.2) is 28.8 Å². The molecule has 9 atom stereocenters. The van der Waals surface area contributed by atoms with Crippen LogP contribution < -0.4 is 0 Å². The number of alkyl halides is 3. The molecule has 17 nitrogen and oxygen atoms in total. The van der Waals surface area contributed by atoms with Crippen molar-refractivity contribution in [2.45, 2.75) is 59.1 Å². The maximum atomic E-state index is 14.3. The highest BCUT2D eigenvalue weighted by molar-refractivity contribution is 6.76. The lowest BCUT2D eigenvalue weighted by Crippen LogP contribution is -2.65. The van der Waals surface area contributed by atoms with Crippen molar-refractivity contribution < 1.29 is 76.1 Å². The van der Waals surface area contributed by atoms with E-state index in [0.717, 1.165) is 0 Å². The van der Waals surface area contributed by atoms with Gasteiger partial charge in [-0.1, -0.05) is 144 Å². The van der Waals surface area contributed by atoms with Crippen molar-refractivity contribution in [3.05, 3.63) is 215 Å². The highest BCUT2D eigenvalue weighted by atomic mass is 35.6. The third-order valence-corrected chi connectivity index (χ3v) is 11.9. The Hall–Kier alpha value is -7.64. The number of esters is 6. The molecule has 0 bridgehead atoms. The first-order valence-corrected chi connectivity index (χ1v) is 24.1. The molecular formula is C55H44Cl3NO16. The first-order valence-electron chi connectivity index (χ1n) is 23.0. The van der Waals surface area contributed by atoms with E-state index in [4.69, 9.17) is 87.6 Å². The SMILES string of the molecule is N=C(O[C@H]1OC[C@@H](O[C@@H]2O[C@H](COC(=O)c3ccccc3)[C@@H](OC(=O)c3ccccc3)[C@H](OC(=O)c3ccccc3)[C@H]2OC(=O)c2ccccc2)[C@H](OC(=O)c2ccccc2)[C@H]1OC(=O)c1ccccc1)C(Cl)(Cl)Cl. The van der Waals surface area contributed by atoms with Crippen LogP contribution in [0.5, 0.6) is 0 Å². The fourth-order valence-electron chi connectivity index (χ4n) is 7.75. The second-order valence-corrected chi connectivity index (χ2v) is 18.8. The number of carbonyl (C=O) groups excluding carboxylic acids is 6. The number of ether oxygens (including phenoxy) is 10. The predicted molar refractivity (Wildman–Crippen MR) is 267 cm³/mol. The van der Waals surface area contributed by atoms with Gasteiger partial charge in [0.2, 0.25) is 18.3 Å². The molecule has 386 valence electrons. The monoisotopic (exact) mass is 1080 g/mol. The van der Waals surface area contributed by atoms with Crippen LogP contribution >= 0.6 is 34.8 Å². The van der Waals surface area contributed by atoms with Crippen LogP contribution in [-0.2, 0) is 47.4 Å². The zero-order valence-electron chi connectivity index (χ0n) is 39.1. The quantitative estimate of drug-likeness (QED) is 0.0315. The van der Waals surface area contributed by atoms with Crippen molar-refractivity contribution in [3.63, 3.8) is 0 Å². The van der Waals surface area contributed by atoms with E-state index in [2.05, 4.69) is 0 Å². The summed E-state index contributed by atoms with van der Waals surface area (Å²) < 4.78 is 59.0. The number of rotatable bonds is 16. The third kappa shape index (κ3) is 14.0. The van der Waals surface area contributed by atoms with Gasteiger partial charge >= 0.3 is 35.8 Å². The normalized spacial score (nSPS) is 22.3. The number of nitrogens with one attached hydrogen (secondary N) is 1. The molecule has 0 spiro atoms. The van der Waals surface area contributed by atoms with Gasteiger partial charge in [-0.3, -0.25) is 5.41 Å². The van der Waals surface area contributed by atoms with Crippen molar-refractivity contribution in [1.82, 2.24) is 0 Å². The summed E-state index contributed by atoms with van der Waals surface area (Å²) in [6.45, 7) is -1.36. The summed E-state index contributed by atoms with van der Waals surface area (Å²) in [5.74, 6) is -6.69. The van der Waals surface area contributed by atoms with Crippen LogP contribution in [0, 0.1) is 5.41 Å². The molecule has 0 amide bonds. The van der Waals surface area contributed by atoms with Crippen molar-refractivity contribution in [2.24, 2.45) is 0 Å². The lowest BCUT2D eigenvalue weighted by Gasteiger charge is -2.47. The molecular weight excluding hydrogens is 1040 g/mol. The minimum absolute atomic E-state index is 0.0149. The highest BCUT2D eigenvalue weighted by Crippen LogP contribution is 2.36. The summed E-state index contributed by atoms with van der Waals surface area (Å²) in [7, 11) is 0. The fourth-order valence-corrected chi connectivity index (χ4v) is 7.89. The third-order valence-electron chi connectivity index (χ3n) is 11.4. The molecule has 2 saturated heterocycles. The second-order valence-electron chi connectivity index (χ2n) is 16.5. The number of hydrogen-bond acceptors (Lipinski definition) is 17. The standard InChI is InChI=1S/C55H44Cl3NO16/c56-55(57,58)54(59)75-52-44(73-50(64)37-27-15-5-16-28-37)42(71-48(62)35-23-11-3-12-24-35)40(32-67-52)69-53-45(74-51(65)38-29-17-6-18-30-38)43(72-49(63)36-25-13-4-14-26-36)41(70-47(61)34-21-9-2-10-22-34)39(68-53)31-66-46(60)33-19-7-1-8-20-33/h1-30,39-45,52-53,59H,31-32H2/t39-,40-,41-,42+,43+,44-,45-,52-,53+/m1/s1. The summed E-state index contributed by atoms with van der Waals surface area (Å²) in [6.07, 6.45) is -16.2. The first-order chi connectivity index (χ1) is 36.2. The summed E-state index contributed by atoms with van der Waals surface area (Å²) >= 11 is 18.1. The maximum absolute atomic E-state index is 14.3.